The predicted octanol–water partition coefficient (Wildman–Crippen LogP) is 4.25. The Kier molecular flexibility index (Phi) is 4.56. The summed E-state index contributed by atoms with van der Waals surface area (Å²) in [6.45, 7) is 0.606. The molecule has 1 fully saturated rings. The molecule has 1 unspecified atom stereocenters. The van der Waals surface area contributed by atoms with Crippen LogP contribution in [0.15, 0.2) is 54.6 Å². The molecule has 2 aromatic carbocycles. The van der Waals surface area contributed by atoms with Crippen molar-refractivity contribution in [3.05, 3.63) is 54.6 Å². The fourth-order valence-corrected chi connectivity index (χ4v) is 3.16. The minimum atomic E-state index is 0.149. The van der Waals surface area contributed by atoms with E-state index in [2.05, 4.69) is 30.3 Å². The smallest absolute Gasteiger partial charge is 0.127 e. The van der Waals surface area contributed by atoms with Crippen LogP contribution in [0.25, 0.3) is 11.1 Å². The van der Waals surface area contributed by atoms with Crippen LogP contribution in [0.4, 0.5) is 0 Å². The number of para-hydroxylation sites is 1. The van der Waals surface area contributed by atoms with Gasteiger partial charge < -0.3 is 10.5 Å². The van der Waals surface area contributed by atoms with Crippen molar-refractivity contribution < 1.29 is 4.74 Å². The van der Waals surface area contributed by atoms with Crippen molar-refractivity contribution in [1.29, 1.82) is 0 Å². The summed E-state index contributed by atoms with van der Waals surface area (Å²) in [4.78, 5) is 0. The van der Waals surface area contributed by atoms with Crippen molar-refractivity contribution >= 4 is 0 Å². The molecule has 0 radical (unpaired) electrons. The fraction of sp³-hybridized carbons (Fsp3) is 0.368. The number of hydrogen-bond acceptors (Lipinski definition) is 2. The summed E-state index contributed by atoms with van der Waals surface area (Å²) in [7, 11) is 0. The standard InChI is InChI=1S/C19H23NO/c20-18(16-10-4-5-11-16)14-21-19-13-7-6-12-17(19)15-8-2-1-3-9-15/h1-3,6-9,12-13,16,18H,4-5,10-11,14,20H2. The molecule has 1 atom stereocenters. The Labute approximate surface area is 126 Å². The van der Waals surface area contributed by atoms with Crippen LogP contribution >= 0.6 is 0 Å². The monoisotopic (exact) mass is 281 g/mol. The van der Waals surface area contributed by atoms with Crippen molar-refractivity contribution in [2.45, 2.75) is 31.7 Å². The average molecular weight is 281 g/mol. The van der Waals surface area contributed by atoms with Gasteiger partial charge in [0.25, 0.3) is 0 Å². The van der Waals surface area contributed by atoms with E-state index in [-0.39, 0.29) is 6.04 Å². The predicted molar refractivity (Wildman–Crippen MR) is 87.3 cm³/mol. The van der Waals surface area contributed by atoms with Crippen LogP contribution in [0, 0.1) is 5.92 Å². The van der Waals surface area contributed by atoms with Crippen LogP contribution in [-0.2, 0) is 0 Å². The highest BCUT2D eigenvalue weighted by Crippen LogP contribution is 2.31. The van der Waals surface area contributed by atoms with Crippen molar-refractivity contribution in [2.24, 2.45) is 11.7 Å². The first-order valence-corrected chi connectivity index (χ1v) is 7.87. The normalized spacial score (nSPS) is 16.8. The molecule has 21 heavy (non-hydrogen) atoms. The number of rotatable bonds is 5. The van der Waals surface area contributed by atoms with Gasteiger partial charge in [-0.2, -0.15) is 0 Å². The largest absolute Gasteiger partial charge is 0.491 e. The van der Waals surface area contributed by atoms with Gasteiger partial charge in [0, 0.05) is 11.6 Å². The van der Waals surface area contributed by atoms with E-state index in [9.17, 15) is 0 Å². The molecule has 2 nitrogen and oxygen atoms in total. The number of ether oxygens (including phenoxy) is 1. The van der Waals surface area contributed by atoms with Crippen LogP contribution in [0.3, 0.4) is 0 Å². The molecular formula is C19H23NO. The molecule has 2 N–H and O–H groups in total. The molecule has 110 valence electrons. The van der Waals surface area contributed by atoms with Crippen molar-refractivity contribution in [2.75, 3.05) is 6.61 Å². The summed E-state index contributed by atoms with van der Waals surface area (Å²) in [5.74, 6) is 1.56. The Bertz CT molecular complexity index is 561. The molecular weight excluding hydrogens is 258 g/mol. The van der Waals surface area contributed by atoms with Gasteiger partial charge in [-0.05, 0) is 30.4 Å². The molecule has 0 spiro atoms. The van der Waals surface area contributed by atoms with Crippen molar-refractivity contribution in [1.82, 2.24) is 0 Å². The summed E-state index contributed by atoms with van der Waals surface area (Å²) in [5, 5.41) is 0. The van der Waals surface area contributed by atoms with E-state index in [1.54, 1.807) is 0 Å². The van der Waals surface area contributed by atoms with E-state index in [1.807, 2.05) is 24.3 Å². The third-order valence-electron chi connectivity index (χ3n) is 4.41. The third-order valence-corrected chi connectivity index (χ3v) is 4.41. The lowest BCUT2D eigenvalue weighted by molar-refractivity contribution is 0.248. The molecule has 0 heterocycles. The second-order valence-corrected chi connectivity index (χ2v) is 5.88. The highest BCUT2D eigenvalue weighted by molar-refractivity contribution is 5.70. The molecule has 0 bridgehead atoms. The molecule has 1 aliphatic carbocycles. The zero-order valence-corrected chi connectivity index (χ0v) is 12.4. The van der Waals surface area contributed by atoms with Crippen LogP contribution < -0.4 is 10.5 Å². The number of nitrogens with two attached hydrogens (primary N) is 1. The first kappa shape index (κ1) is 14.2. The molecule has 2 heteroatoms. The van der Waals surface area contributed by atoms with Gasteiger partial charge in [-0.25, -0.2) is 0 Å². The quantitative estimate of drug-likeness (QED) is 0.889. The van der Waals surface area contributed by atoms with Gasteiger partial charge in [0.15, 0.2) is 0 Å². The lowest BCUT2D eigenvalue weighted by Gasteiger charge is -2.20. The zero-order valence-electron chi connectivity index (χ0n) is 12.4. The van der Waals surface area contributed by atoms with Crippen molar-refractivity contribution in [3.63, 3.8) is 0 Å². The van der Waals surface area contributed by atoms with E-state index in [1.165, 1.54) is 31.2 Å². The second kappa shape index (κ2) is 6.77. The maximum absolute atomic E-state index is 6.29. The Morgan fingerprint density at radius 3 is 2.38 bits per heavy atom. The lowest BCUT2D eigenvalue weighted by atomic mass is 10.00. The third kappa shape index (κ3) is 3.45. The first-order chi connectivity index (χ1) is 10.3. The highest BCUT2D eigenvalue weighted by Gasteiger charge is 2.22. The Balaban J connectivity index is 1.71. The van der Waals surface area contributed by atoms with E-state index in [0.717, 1.165) is 11.3 Å². The van der Waals surface area contributed by atoms with Gasteiger partial charge in [0.05, 0.1) is 0 Å². The first-order valence-electron chi connectivity index (χ1n) is 7.87. The molecule has 0 saturated heterocycles. The average Bonchev–Trinajstić information content (AvgIpc) is 3.08. The zero-order chi connectivity index (χ0) is 14.5. The Morgan fingerprint density at radius 1 is 0.952 bits per heavy atom. The maximum atomic E-state index is 6.29. The van der Waals surface area contributed by atoms with E-state index in [0.29, 0.717) is 12.5 Å². The Morgan fingerprint density at radius 2 is 1.62 bits per heavy atom. The van der Waals surface area contributed by atoms with E-state index >= 15 is 0 Å². The summed E-state index contributed by atoms with van der Waals surface area (Å²) < 4.78 is 6.04. The fourth-order valence-electron chi connectivity index (χ4n) is 3.16. The topological polar surface area (TPSA) is 35.2 Å². The highest BCUT2D eigenvalue weighted by atomic mass is 16.5. The molecule has 1 aliphatic rings. The summed E-state index contributed by atoms with van der Waals surface area (Å²) >= 11 is 0. The lowest BCUT2D eigenvalue weighted by Crippen LogP contribution is -2.34. The molecule has 0 amide bonds. The maximum Gasteiger partial charge on any atom is 0.127 e. The summed E-state index contributed by atoms with van der Waals surface area (Å²) in [5.41, 5.74) is 8.61. The molecule has 3 rings (SSSR count). The summed E-state index contributed by atoms with van der Waals surface area (Å²) in [6, 6.07) is 18.7. The molecule has 0 aromatic heterocycles. The van der Waals surface area contributed by atoms with Gasteiger partial charge in [-0.3, -0.25) is 0 Å². The van der Waals surface area contributed by atoms with Gasteiger partial charge in [-0.1, -0.05) is 61.4 Å². The molecule has 2 aromatic rings. The Hall–Kier alpha value is -1.80. The van der Waals surface area contributed by atoms with Crippen LogP contribution in [0.2, 0.25) is 0 Å². The van der Waals surface area contributed by atoms with Gasteiger partial charge in [0.1, 0.15) is 12.4 Å². The molecule has 0 aliphatic heterocycles. The summed E-state index contributed by atoms with van der Waals surface area (Å²) in [6.07, 6.45) is 5.15. The van der Waals surface area contributed by atoms with Gasteiger partial charge >= 0.3 is 0 Å². The van der Waals surface area contributed by atoms with Gasteiger partial charge in [-0.15, -0.1) is 0 Å². The van der Waals surface area contributed by atoms with Crippen LogP contribution in [0.1, 0.15) is 25.7 Å². The van der Waals surface area contributed by atoms with E-state index in [4.69, 9.17) is 10.5 Å². The minimum absolute atomic E-state index is 0.149. The number of benzene rings is 2. The van der Waals surface area contributed by atoms with E-state index < -0.39 is 0 Å². The minimum Gasteiger partial charge on any atom is -0.491 e. The number of hydrogen-bond donors (Lipinski definition) is 1. The van der Waals surface area contributed by atoms with Crippen LogP contribution in [0.5, 0.6) is 5.75 Å². The molecule has 1 saturated carbocycles. The van der Waals surface area contributed by atoms with Gasteiger partial charge in [0.2, 0.25) is 0 Å². The second-order valence-electron chi connectivity index (χ2n) is 5.88. The van der Waals surface area contributed by atoms with Crippen LogP contribution in [-0.4, -0.2) is 12.6 Å². The SMILES string of the molecule is NC(COc1ccccc1-c1ccccc1)C1CCCC1. The van der Waals surface area contributed by atoms with Crippen molar-refractivity contribution in [3.8, 4) is 16.9 Å².